The molecule has 1 saturated heterocycles. The number of carbonyl (C=O) groups excluding carboxylic acids is 1. The molecule has 0 spiro atoms. The maximum absolute atomic E-state index is 12.1. The minimum atomic E-state index is -0.368. The number of nitrogens with zero attached hydrogens (tertiary/aromatic N) is 2. The van der Waals surface area contributed by atoms with E-state index in [0.717, 1.165) is 26.2 Å². The summed E-state index contributed by atoms with van der Waals surface area (Å²) in [6, 6.07) is 0. The Morgan fingerprint density at radius 2 is 1.88 bits per heavy atom. The van der Waals surface area contributed by atoms with Crippen LogP contribution in [0.3, 0.4) is 0 Å². The Bertz CT molecular complexity index is 281. The van der Waals surface area contributed by atoms with E-state index in [1.54, 1.807) is 0 Å². The van der Waals surface area contributed by atoms with Crippen molar-refractivity contribution in [2.45, 2.75) is 45.7 Å². The maximum atomic E-state index is 12.1. The average molecular weight is 241 g/mol. The van der Waals surface area contributed by atoms with Crippen molar-refractivity contribution in [1.29, 1.82) is 0 Å². The topological polar surface area (TPSA) is 35.6 Å². The van der Waals surface area contributed by atoms with Gasteiger partial charge in [0.25, 0.3) is 0 Å². The van der Waals surface area contributed by atoms with Gasteiger partial charge in [-0.1, -0.05) is 0 Å². The highest BCUT2D eigenvalue weighted by Crippen LogP contribution is 2.20. The van der Waals surface area contributed by atoms with Crippen molar-refractivity contribution >= 4 is 5.91 Å². The summed E-state index contributed by atoms with van der Waals surface area (Å²) in [5.74, 6) is 0.222. The lowest BCUT2D eigenvalue weighted by atomic mass is 9.98. The van der Waals surface area contributed by atoms with E-state index in [4.69, 9.17) is 0 Å². The van der Waals surface area contributed by atoms with E-state index in [0.29, 0.717) is 0 Å². The Hall–Kier alpha value is -0.610. The molecule has 1 amide bonds. The normalized spacial score (nSPS) is 22.0. The Morgan fingerprint density at radius 3 is 2.41 bits per heavy atom. The van der Waals surface area contributed by atoms with Gasteiger partial charge < -0.3 is 10.2 Å². The van der Waals surface area contributed by atoms with Crippen molar-refractivity contribution in [2.24, 2.45) is 0 Å². The molecular weight excluding hydrogens is 214 g/mol. The second kappa shape index (κ2) is 4.94. The first-order valence-electron chi connectivity index (χ1n) is 6.40. The zero-order valence-electron chi connectivity index (χ0n) is 12.1. The minimum absolute atomic E-state index is 0.140. The van der Waals surface area contributed by atoms with E-state index in [1.165, 1.54) is 0 Å². The Labute approximate surface area is 105 Å². The second-order valence-electron chi connectivity index (χ2n) is 6.45. The number of piperazine rings is 1. The third kappa shape index (κ3) is 3.68. The van der Waals surface area contributed by atoms with E-state index < -0.39 is 0 Å². The monoisotopic (exact) mass is 241 g/mol. The molecule has 1 aliphatic rings. The van der Waals surface area contributed by atoms with Crippen LogP contribution in [0.25, 0.3) is 0 Å². The molecular formula is C13H27N3O. The van der Waals surface area contributed by atoms with Gasteiger partial charge in [-0.05, 0) is 34.6 Å². The van der Waals surface area contributed by atoms with Gasteiger partial charge in [-0.3, -0.25) is 9.69 Å². The fourth-order valence-corrected chi connectivity index (χ4v) is 2.21. The largest absolute Gasteiger partial charge is 0.343 e. The third-order valence-electron chi connectivity index (χ3n) is 3.40. The summed E-state index contributed by atoms with van der Waals surface area (Å²) in [4.78, 5) is 16.2. The number of hydrogen-bond donors (Lipinski definition) is 1. The van der Waals surface area contributed by atoms with Gasteiger partial charge in [-0.15, -0.1) is 0 Å². The molecule has 4 heteroatoms. The van der Waals surface area contributed by atoms with E-state index >= 15 is 0 Å². The van der Waals surface area contributed by atoms with Gasteiger partial charge in [0, 0.05) is 38.8 Å². The molecule has 1 N–H and O–H groups in total. The minimum Gasteiger partial charge on any atom is -0.343 e. The lowest BCUT2D eigenvalue weighted by Gasteiger charge is -2.45. The molecule has 0 radical (unpaired) electrons. The van der Waals surface area contributed by atoms with E-state index in [2.05, 4.69) is 31.0 Å². The van der Waals surface area contributed by atoms with Crippen molar-refractivity contribution in [1.82, 2.24) is 15.1 Å². The second-order valence-corrected chi connectivity index (χ2v) is 6.45. The molecule has 4 nitrogen and oxygen atoms in total. The number of hydrogen-bond acceptors (Lipinski definition) is 3. The lowest BCUT2D eigenvalue weighted by molar-refractivity contribution is -0.147. The van der Waals surface area contributed by atoms with Crippen molar-refractivity contribution < 1.29 is 4.79 Å². The predicted octanol–water partition coefficient (Wildman–Crippen LogP) is 0.927. The fourth-order valence-electron chi connectivity index (χ4n) is 2.21. The molecule has 17 heavy (non-hydrogen) atoms. The van der Waals surface area contributed by atoms with Gasteiger partial charge in [-0.2, -0.15) is 0 Å². The average Bonchev–Trinajstić information content (AvgIpc) is 2.17. The molecule has 0 aromatic heterocycles. The molecule has 1 heterocycles. The summed E-state index contributed by atoms with van der Waals surface area (Å²) in [5.41, 5.74) is -0.229. The van der Waals surface area contributed by atoms with Gasteiger partial charge in [0.1, 0.15) is 0 Å². The maximum Gasteiger partial charge on any atom is 0.242 e. The Kier molecular flexibility index (Phi) is 4.20. The van der Waals surface area contributed by atoms with Crippen LogP contribution < -0.4 is 5.32 Å². The fraction of sp³-hybridized carbons (Fsp3) is 0.923. The van der Waals surface area contributed by atoms with Crippen LogP contribution in [0.5, 0.6) is 0 Å². The first kappa shape index (κ1) is 14.5. The molecule has 1 aliphatic heterocycles. The van der Waals surface area contributed by atoms with Crippen LogP contribution >= 0.6 is 0 Å². The molecule has 0 aromatic carbocycles. The summed E-state index contributed by atoms with van der Waals surface area (Å²) in [6.45, 7) is 14.1. The highest BCUT2D eigenvalue weighted by atomic mass is 16.2. The smallest absolute Gasteiger partial charge is 0.242 e. The first-order chi connectivity index (χ1) is 7.64. The Balaban J connectivity index is 2.51. The van der Waals surface area contributed by atoms with E-state index in [1.807, 2.05) is 25.8 Å². The number of amides is 1. The van der Waals surface area contributed by atoms with Gasteiger partial charge in [0.2, 0.25) is 5.91 Å². The van der Waals surface area contributed by atoms with Gasteiger partial charge in [0.05, 0.1) is 5.54 Å². The zero-order valence-corrected chi connectivity index (χ0v) is 12.1. The highest BCUT2D eigenvalue weighted by Gasteiger charge is 2.39. The van der Waals surface area contributed by atoms with Crippen LogP contribution in [0.2, 0.25) is 0 Å². The van der Waals surface area contributed by atoms with Crippen LogP contribution in [0, 0.1) is 0 Å². The molecule has 0 saturated carbocycles. The number of likely N-dealkylation sites (N-methyl/N-ethyl adjacent to an activating group) is 1. The number of rotatable bonds is 3. The number of carbonyl (C=O) groups is 1. The SMILES string of the molecule is CN1CCN(CCNC(C)(C)C)C(C)(C)C1=O. The molecule has 0 aliphatic carbocycles. The molecule has 0 atom stereocenters. The van der Waals surface area contributed by atoms with Gasteiger partial charge in [-0.25, -0.2) is 0 Å². The van der Waals surface area contributed by atoms with Crippen molar-refractivity contribution in [3.63, 3.8) is 0 Å². The predicted molar refractivity (Wildman–Crippen MR) is 71.0 cm³/mol. The van der Waals surface area contributed by atoms with E-state index in [9.17, 15) is 4.79 Å². The molecule has 100 valence electrons. The third-order valence-corrected chi connectivity index (χ3v) is 3.40. The summed E-state index contributed by atoms with van der Waals surface area (Å²) in [7, 11) is 1.88. The highest BCUT2D eigenvalue weighted by molar-refractivity contribution is 5.86. The first-order valence-corrected chi connectivity index (χ1v) is 6.40. The molecule has 1 fully saturated rings. The molecule has 0 bridgehead atoms. The molecule has 1 rings (SSSR count). The van der Waals surface area contributed by atoms with Crippen LogP contribution in [-0.4, -0.2) is 60.0 Å². The zero-order chi connectivity index (χ0) is 13.3. The van der Waals surface area contributed by atoms with Crippen LogP contribution in [0.4, 0.5) is 0 Å². The Morgan fingerprint density at radius 1 is 1.29 bits per heavy atom. The van der Waals surface area contributed by atoms with E-state index in [-0.39, 0.29) is 17.0 Å². The van der Waals surface area contributed by atoms with Crippen molar-refractivity contribution in [2.75, 3.05) is 33.2 Å². The summed E-state index contributed by atoms with van der Waals surface area (Å²) in [5, 5.41) is 3.47. The van der Waals surface area contributed by atoms with Crippen LogP contribution in [0.1, 0.15) is 34.6 Å². The summed E-state index contributed by atoms with van der Waals surface area (Å²) >= 11 is 0. The number of nitrogens with one attached hydrogen (secondary N) is 1. The van der Waals surface area contributed by atoms with Crippen LogP contribution in [-0.2, 0) is 4.79 Å². The standard InChI is InChI=1S/C13H27N3O/c1-12(2,3)14-7-8-16-10-9-15(6)11(17)13(16,4)5/h14H,7-10H2,1-6H3. The quantitative estimate of drug-likeness (QED) is 0.798. The molecule has 0 unspecified atom stereocenters. The van der Waals surface area contributed by atoms with Crippen LogP contribution in [0.15, 0.2) is 0 Å². The lowest BCUT2D eigenvalue weighted by Crippen LogP contribution is -2.63. The van der Waals surface area contributed by atoms with Crippen molar-refractivity contribution in [3.05, 3.63) is 0 Å². The summed E-state index contributed by atoms with van der Waals surface area (Å²) < 4.78 is 0. The van der Waals surface area contributed by atoms with Crippen molar-refractivity contribution in [3.8, 4) is 0 Å². The van der Waals surface area contributed by atoms with Gasteiger partial charge >= 0.3 is 0 Å². The summed E-state index contributed by atoms with van der Waals surface area (Å²) in [6.07, 6.45) is 0. The van der Waals surface area contributed by atoms with Gasteiger partial charge in [0.15, 0.2) is 0 Å². The molecule has 0 aromatic rings.